The molecule has 0 heterocycles. The van der Waals surface area contributed by atoms with Crippen molar-refractivity contribution in [2.24, 2.45) is 11.8 Å². The average molecular weight is 784 g/mol. The molecule has 1 saturated carbocycles. The molecule has 0 spiro atoms. The number of aryl methyl sites for hydroxylation is 1. The van der Waals surface area contributed by atoms with Gasteiger partial charge in [0.1, 0.15) is 21.8 Å². The van der Waals surface area contributed by atoms with Crippen molar-refractivity contribution in [2.45, 2.75) is 125 Å². The molecule has 1 N–H and O–H groups in total. The van der Waals surface area contributed by atoms with Crippen molar-refractivity contribution in [3.8, 4) is 0 Å². The average Bonchev–Trinajstić information content (AvgIpc) is 3.37. The Kier molecular flexibility index (Phi) is 11.2. The zero-order valence-electron chi connectivity index (χ0n) is 29.8. The van der Waals surface area contributed by atoms with E-state index in [4.69, 9.17) is 9.47 Å². The zero-order chi connectivity index (χ0) is 40.2. The Hall–Kier alpha value is -3.76. The zero-order valence-corrected chi connectivity index (χ0v) is 30.6. The summed E-state index contributed by atoms with van der Waals surface area (Å²) in [6.45, 7) is 9.57. The number of carbonyl (C=O) groups excluding carboxylic acids is 3. The molecule has 294 valence electrons. The highest BCUT2D eigenvalue weighted by atomic mass is 32.2. The molecule has 53 heavy (non-hydrogen) atoms. The van der Waals surface area contributed by atoms with E-state index in [9.17, 15) is 53.5 Å². The predicted molar refractivity (Wildman–Crippen MR) is 174 cm³/mol. The largest absolute Gasteiger partial charge is 0.460 e. The molecular weight excluding hydrogens is 742 g/mol. The molecule has 0 radical (unpaired) electrons. The molecule has 2 aromatic carbocycles. The molecule has 1 fully saturated rings. The van der Waals surface area contributed by atoms with Crippen molar-refractivity contribution in [3.63, 3.8) is 0 Å². The lowest BCUT2D eigenvalue weighted by Crippen LogP contribution is -2.51. The van der Waals surface area contributed by atoms with E-state index in [1.165, 1.54) is 0 Å². The van der Waals surface area contributed by atoms with Crippen LogP contribution in [0.5, 0.6) is 0 Å². The number of nitrogens with one attached hydrogen (secondary N) is 1. The van der Waals surface area contributed by atoms with Gasteiger partial charge in [-0.1, -0.05) is 18.2 Å². The molecule has 0 unspecified atom stereocenters. The Balaban J connectivity index is 1.80. The summed E-state index contributed by atoms with van der Waals surface area (Å²) in [6.07, 6.45) is -14.8. The third-order valence-corrected chi connectivity index (χ3v) is 11.9. The van der Waals surface area contributed by atoms with Crippen molar-refractivity contribution in [3.05, 3.63) is 65.0 Å². The molecule has 1 amide bonds. The third kappa shape index (κ3) is 8.34. The summed E-state index contributed by atoms with van der Waals surface area (Å²) in [6, 6.07) is 4.01. The van der Waals surface area contributed by atoms with Gasteiger partial charge >= 0.3 is 30.0 Å². The highest BCUT2D eigenvalue weighted by Gasteiger charge is 2.74. The van der Waals surface area contributed by atoms with Gasteiger partial charge in [0.05, 0.1) is 23.7 Å². The van der Waals surface area contributed by atoms with E-state index in [1.807, 2.05) is 0 Å². The standard InChI is InChI=1S/C36H41F8NO7S/c1-31(2,3)51-28(46)18-21(19-29(47)52-32(4,5)6)30(48)45-27-15-16-33(53(49,50)24-11-9-23(37)10-12-24)25-14-8-22(17-20(25)7-13-26(27)33)34(38,35(39,40)41)36(42,43)44/h8-12,14,17,21,26-27H,7,13,15-16,18-19H2,1-6H3,(H,45,48)/t26-,27+,33+/m0/s1. The van der Waals surface area contributed by atoms with E-state index in [0.29, 0.717) is 6.07 Å². The van der Waals surface area contributed by atoms with E-state index in [1.54, 1.807) is 41.5 Å². The monoisotopic (exact) mass is 783 g/mol. The molecule has 8 nitrogen and oxygen atoms in total. The summed E-state index contributed by atoms with van der Waals surface area (Å²) in [5.74, 6) is -5.66. The lowest BCUT2D eigenvalue weighted by atomic mass is 9.73. The van der Waals surface area contributed by atoms with E-state index in [0.717, 1.165) is 30.3 Å². The summed E-state index contributed by atoms with van der Waals surface area (Å²) in [4.78, 5) is 39.0. The Labute approximate surface area is 301 Å². The number of hydrogen-bond donors (Lipinski definition) is 1. The Morgan fingerprint density at radius 1 is 0.811 bits per heavy atom. The fraction of sp³-hybridized carbons (Fsp3) is 0.583. The number of alkyl halides is 7. The maximum absolute atomic E-state index is 15.1. The maximum Gasteiger partial charge on any atom is 0.435 e. The van der Waals surface area contributed by atoms with E-state index in [2.05, 4.69) is 5.32 Å². The number of amides is 1. The van der Waals surface area contributed by atoms with Gasteiger partial charge in [0.25, 0.3) is 0 Å². The normalized spacial score (nSPS) is 21.1. The fourth-order valence-electron chi connectivity index (χ4n) is 7.28. The molecule has 3 atom stereocenters. The number of halogens is 8. The summed E-state index contributed by atoms with van der Waals surface area (Å²) >= 11 is 0. The van der Waals surface area contributed by atoms with Crippen LogP contribution in [0.15, 0.2) is 47.4 Å². The van der Waals surface area contributed by atoms with Gasteiger partial charge in [-0.15, -0.1) is 0 Å². The third-order valence-electron chi connectivity index (χ3n) is 9.34. The van der Waals surface area contributed by atoms with Crippen LogP contribution in [0, 0.1) is 17.7 Å². The molecule has 0 aromatic heterocycles. The number of esters is 2. The Morgan fingerprint density at radius 2 is 1.32 bits per heavy atom. The topological polar surface area (TPSA) is 116 Å². The van der Waals surface area contributed by atoms with Crippen LogP contribution >= 0.6 is 0 Å². The van der Waals surface area contributed by atoms with E-state index < -0.39 is 109 Å². The van der Waals surface area contributed by atoms with Crippen molar-refractivity contribution in [1.29, 1.82) is 0 Å². The second-order valence-corrected chi connectivity index (χ2v) is 17.7. The second kappa shape index (κ2) is 14.1. The molecule has 2 aromatic rings. The van der Waals surface area contributed by atoms with Gasteiger partial charge in [0.2, 0.25) is 5.91 Å². The number of ether oxygens (including phenoxy) is 2. The number of hydrogen-bond acceptors (Lipinski definition) is 7. The second-order valence-electron chi connectivity index (χ2n) is 15.4. The first-order valence-corrected chi connectivity index (χ1v) is 18.2. The van der Waals surface area contributed by atoms with Crippen LogP contribution in [0.25, 0.3) is 0 Å². The molecule has 2 aliphatic rings. The lowest BCUT2D eigenvalue weighted by Gasteiger charge is -2.43. The quantitative estimate of drug-likeness (QED) is 0.158. The van der Waals surface area contributed by atoms with Gasteiger partial charge in [-0.3, -0.25) is 14.4 Å². The van der Waals surface area contributed by atoms with E-state index >= 15 is 4.39 Å². The van der Waals surface area contributed by atoms with Gasteiger partial charge in [0.15, 0.2) is 9.84 Å². The number of rotatable bonds is 9. The van der Waals surface area contributed by atoms with Crippen LogP contribution in [0.4, 0.5) is 35.1 Å². The number of sulfone groups is 1. The predicted octanol–water partition coefficient (Wildman–Crippen LogP) is 7.71. The molecule has 17 heteroatoms. The van der Waals surface area contributed by atoms with Gasteiger partial charge < -0.3 is 14.8 Å². The van der Waals surface area contributed by atoms with Crippen molar-refractivity contribution in [1.82, 2.24) is 5.32 Å². The highest BCUT2D eigenvalue weighted by Crippen LogP contribution is 2.59. The Bertz CT molecular complexity index is 1790. The first kappa shape index (κ1) is 42.0. The Morgan fingerprint density at radius 3 is 1.79 bits per heavy atom. The molecule has 0 bridgehead atoms. The maximum atomic E-state index is 15.1. The van der Waals surface area contributed by atoms with Gasteiger partial charge in [-0.05, 0) is 103 Å². The molecule has 4 rings (SSSR count). The number of fused-ring (bicyclic) bond motifs is 3. The summed E-state index contributed by atoms with van der Waals surface area (Å²) in [7, 11) is -4.67. The summed E-state index contributed by atoms with van der Waals surface area (Å²) < 4.78 is 149. The molecular formula is C36H41F8NO7S. The molecule has 2 aliphatic carbocycles. The molecule has 0 aliphatic heterocycles. The summed E-state index contributed by atoms with van der Waals surface area (Å²) in [5.41, 5.74) is -9.90. The van der Waals surface area contributed by atoms with Crippen molar-refractivity contribution >= 4 is 27.7 Å². The van der Waals surface area contributed by atoms with Crippen molar-refractivity contribution in [2.75, 3.05) is 0 Å². The van der Waals surface area contributed by atoms with Gasteiger partial charge in [-0.2, -0.15) is 26.3 Å². The number of benzene rings is 2. The fourth-order valence-corrected chi connectivity index (χ4v) is 9.75. The van der Waals surface area contributed by atoms with Crippen LogP contribution in [0.3, 0.4) is 0 Å². The SMILES string of the molecule is CC(C)(C)OC(=O)CC(CC(=O)OC(C)(C)C)C(=O)N[C@@H]1CC[C@@]2(S(=O)(=O)c3ccc(F)cc3)c3ccc(C(F)(C(F)(F)F)C(F)(F)F)cc3CC[C@@H]12. The lowest BCUT2D eigenvalue weighted by molar-refractivity contribution is -0.348. The summed E-state index contributed by atoms with van der Waals surface area (Å²) in [5, 5.41) is 2.74. The van der Waals surface area contributed by atoms with Crippen LogP contribution in [-0.2, 0) is 50.5 Å². The van der Waals surface area contributed by atoms with Crippen molar-refractivity contribution < 1.29 is 67.4 Å². The minimum absolute atomic E-state index is 0.0816. The van der Waals surface area contributed by atoms with Crippen LogP contribution < -0.4 is 5.32 Å². The number of carbonyl (C=O) groups is 3. The minimum Gasteiger partial charge on any atom is -0.460 e. The molecule has 0 saturated heterocycles. The first-order valence-electron chi connectivity index (χ1n) is 16.7. The minimum atomic E-state index is -6.41. The highest BCUT2D eigenvalue weighted by molar-refractivity contribution is 7.92. The van der Waals surface area contributed by atoms with Crippen LogP contribution in [0.2, 0.25) is 0 Å². The van der Waals surface area contributed by atoms with Gasteiger partial charge in [-0.25, -0.2) is 17.2 Å². The van der Waals surface area contributed by atoms with Crippen LogP contribution in [-0.4, -0.2) is 55.9 Å². The smallest absolute Gasteiger partial charge is 0.435 e. The van der Waals surface area contributed by atoms with Crippen LogP contribution in [0.1, 0.15) is 90.3 Å². The first-order chi connectivity index (χ1) is 24.0. The van der Waals surface area contributed by atoms with E-state index in [-0.39, 0.29) is 42.9 Å². The van der Waals surface area contributed by atoms with Gasteiger partial charge in [0, 0.05) is 17.5 Å².